The molecule has 0 aliphatic heterocycles. The van der Waals surface area contributed by atoms with E-state index < -0.39 is 0 Å². The summed E-state index contributed by atoms with van der Waals surface area (Å²) in [5.41, 5.74) is 4.98. The van der Waals surface area contributed by atoms with E-state index in [0.717, 1.165) is 24.2 Å². The Morgan fingerprint density at radius 3 is 0.977 bits per heavy atom. The van der Waals surface area contributed by atoms with E-state index in [0.29, 0.717) is 0 Å². The van der Waals surface area contributed by atoms with Crippen LogP contribution in [0.25, 0.3) is 21.1 Å². The molecule has 0 spiro atoms. The summed E-state index contributed by atoms with van der Waals surface area (Å²) in [4.78, 5) is 2.63. The Balaban J connectivity index is 1.30. The van der Waals surface area contributed by atoms with Crippen LogP contribution < -0.4 is 0 Å². The first-order chi connectivity index (χ1) is 21.8. The monoisotopic (exact) mass is 636 g/mol. The summed E-state index contributed by atoms with van der Waals surface area (Å²) in [5.74, 6) is 0. The van der Waals surface area contributed by atoms with Crippen molar-refractivity contribution in [1.29, 1.82) is 0 Å². The normalized spacial score (nSPS) is 11.5. The fourth-order valence-electron chi connectivity index (χ4n) is 6.40. The smallest absolute Gasteiger partial charge is 0.103 e. The molecule has 0 aliphatic carbocycles. The summed E-state index contributed by atoms with van der Waals surface area (Å²) in [6.45, 7) is 4.59. The lowest BCUT2D eigenvalue weighted by Crippen LogP contribution is -1.93. The lowest BCUT2D eigenvalue weighted by Gasteiger charge is -2.06. The maximum absolute atomic E-state index is 4.72. The Bertz CT molecular complexity index is 982. The molecule has 3 aromatic heterocycles. The number of aryl methyl sites for hydroxylation is 2. The molecular formula is C40H64N2S2. The van der Waals surface area contributed by atoms with Gasteiger partial charge in [0.1, 0.15) is 11.4 Å². The summed E-state index contributed by atoms with van der Waals surface area (Å²) in [7, 11) is 0. The van der Waals surface area contributed by atoms with Crippen LogP contribution in [0.4, 0.5) is 0 Å². The lowest BCUT2D eigenvalue weighted by atomic mass is 10.0. The summed E-state index contributed by atoms with van der Waals surface area (Å²) < 4.78 is 0. The highest BCUT2D eigenvalue weighted by Crippen LogP contribution is 2.33. The van der Waals surface area contributed by atoms with Gasteiger partial charge in [0.15, 0.2) is 0 Å². The first-order valence-corrected chi connectivity index (χ1v) is 20.6. The molecule has 44 heavy (non-hydrogen) atoms. The molecule has 2 nitrogen and oxygen atoms in total. The molecule has 0 atom stereocenters. The zero-order valence-electron chi connectivity index (χ0n) is 28.6. The average Bonchev–Trinajstić information content (AvgIpc) is 3.72. The zero-order valence-corrected chi connectivity index (χ0v) is 30.2. The van der Waals surface area contributed by atoms with Gasteiger partial charge in [-0.3, -0.25) is 0 Å². The van der Waals surface area contributed by atoms with Crippen molar-refractivity contribution in [3.63, 3.8) is 0 Å². The molecule has 3 rings (SSSR count). The number of nitrogens with zero attached hydrogens (tertiary/aromatic N) is 2. The zero-order chi connectivity index (χ0) is 30.9. The summed E-state index contributed by atoms with van der Waals surface area (Å²) in [6.07, 6.45) is 35.9. The molecule has 0 amide bonds. The Kier molecular flexibility index (Phi) is 20.7. The maximum atomic E-state index is 4.72. The number of hydrogen-bond donors (Lipinski definition) is 0. The number of rotatable bonds is 28. The molecule has 0 saturated carbocycles. The van der Waals surface area contributed by atoms with Gasteiger partial charge in [0, 0.05) is 0 Å². The molecule has 3 heterocycles. The molecule has 0 unspecified atom stereocenters. The van der Waals surface area contributed by atoms with E-state index in [4.69, 9.17) is 10.2 Å². The fraction of sp³-hybridized carbons (Fsp3) is 0.700. The minimum absolute atomic E-state index is 1.04. The highest BCUT2D eigenvalue weighted by molar-refractivity contribution is 7.14. The minimum atomic E-state index is 1.04. The summed E-state index contributed by atoms with van der Waals surface area (Å²) in [5, 5.41) is 13.9. The van der Waals surface area contributed by atoms with E-state index in [1.165, 1.54) is 175 Å². The number of hydrogen-bond acceptors (Lipinski definition) is 4. The van der Waals surface area contributed by atoms with E-state index in [2.05, 4.69) is 48.9 Å². The molecule has 0 N–H and O–H groups in total. The SMILES string of the molecule is CCCCCCCCCCCCCCc1ccsc1-c1ccc(-c2sccc2CCCCCCCCCCCCCC)nn1. The van der Waals surface area contributed by atoms with E-state index >= 15 is 0 Å². The predicted molar refractivity (Wildman–Crippen MR) is 198 cm³/mol. The van der Waals surface area contributed by atoms with E-state index in [9.17, 15) is 0 Å². The molecule has 0 fully saturated rings. The highest BCUT2D eigenvalue weighted by Gasteiger charge is 2.12. The molecule has 4 heteroatoms. The molecule has 0 saturated heterocycles. The minimum Gasteiger partial charge on any atom is -0.149 e. The van der Waals surface area contributed by atoms with Gasteiger partial charge in [-0.15, -0.1) is 32.9 Å². The molecule has 0 aromatic carbocycles. The Morgan fingerprint density at radius 2 is 0.682 bits per heavy atom. The average molecular weight is 637 g/mol. The third-order valence-electron chi connectivity index (χ3n) is 9.22. The molecule has 3 aromatic rings. The predicted octanol–water partition coefficient (Wildman–Crippen LogP) is 14.4. The van der Waals surface area contributed by atoms with Crippen molar-refractivity contribution in [3.8, 4) is 21.1 Å². The van der Waals surface area contributed by atoms with Crippen molar-refractivity contribution in [2.75, 3.05) is 0 Å². The van der Waals surface area contributed by atoms with Gasteiger partial charge >= 0.3 is 0 Å². The van der Waals surface area contributed by atoms with Gasteiger partial charge in [-0.25, -0.2) is 0 Å². The van der Waals surface area contributed by atoms with Crippen LogP contribution in [0.5, 0.6) is 0 Å². The Labute approximate surface area is 279 Å². The van der Waals surface area contributed by atoms with Crippen LogP contribution in [0.15, 0.2) is 35.0 Å². The van der Waals surface area contributed by atoms with Gasteiger partial charge in [-0.05, 0) is 71.8 Å². The molecular weight excluding hydrogens is 573 g/mol. The van der Waals surface area contributed by atoms with Crippen molar-refractivity contribution < 1.29 is 0 Å². The second-order valence-corrected chi connectivity index (χ2v) is 15.0. The van der Waals surface area contributed by atoms with Gasteiger partial charge in [0.05, 0.1) is 9.75 Å². The van der Waals surface area contributed by atoms with Crippen molar-refractivity contribution in [3.05, 3.63) is 46.2 Å². The molecule has 0 aliphatic rings. The Morgan fingerprint density at radius 1 is 0.386 bits per heavy atom. The third-order valence-corrected chi connectivity index (χ3v) is 11.2. The summed E-state index contributed by atoms with van der Waals surface area (Å²) >= 11 is 3.64. The molecule has 246 valence electrons. The molecule has 0 bridgehead atoms. The second-order valence-electron chi connectivity index (χ2n) is 13.1. The van der Waals surface area contributed by atoms with Crippen molar-refractivity contribution in [1.82, 2.24) is 10.2 Å². The Hall–Kier alpha value is -1.52. The summed E-state index contributed by atoms with van der Waals surface area (Å²) in [6, 6.07) is 9.01. The quantitative estimate of drug-likeness (QED) is 0.0741. The second kappa shape index (κ2) is 24.7. The topological polar surface area (TPSA) is 25.8 Å². The number of unbranched alkanes of at least 4 members (excludes halogenated alkanes) is 22. The lowest BCUT2D eigenvalue weighted by molar-refractivity contribution is 0.544. The van der Waals surface area contributed by atoms with Gasteiger partial charge in [-0.1, -0.05) is 155 Å². The van der Waals surface area contributed by atoms with Gasteiger partial charge in [0.25, 0.3) is 0 Å². The van der Waals surface area contributed by atoms with E-state index in [-0.39, 0.29) is 0 Å². The van der Waals surface area contributed by atoms with Gasteiger partial charge in [0.2, 0.25) is 0 Å². The van der Waals surface area contributed by atoms with Gasteiger partial charge < -0.3 is 0 Å². The van der Waals surface area contributed by atoms with Gasteiger partial charge in [-0.2, -0.15) is 0 Å². The number of aromatic nitrogens is 2. The van der Waals surface area contributed by atoms with Crippen molar-refractivity contribution >= 4 is 22.7 Å². The first kappa shape index (κ1) is 36.9. The number of thiophene rings is 2. The van der Waals surface area contributed by atoms with Crippen LogP contribution in [-0.2, 0) is 12.8 Å². The highest BCUT2D eigenvalue weighted by atomic mass is 32.1. The van der Waals surface area contributed by atoms with Crippen LogP contribution >= 0.6 is 22.7 Å². The first-order valence-electron chi connectivity index (χ1n) is 18.8. The molecule has 0 radical (unpaired) electrons. The van der Waals surface area contributed by atoms with Crippen LogP contribution in [0, 0.1) is 0 Å². The van der Waals surface area contributed by atoms with Crippen LogP contribution in [0.2, 0.25) is 0 Å². The van der Waals surface area contributed by atoms with E-state index in [1.807, 2.05) is 22.7 Å². The van der Waals surface area contributed by atoms with E-state index in [1.54, 1.807) is 0 Å². The standard InChI is InChI=1S/C40H64N2S2/c1-3-5-7-9-11-13-15-17-19-21-23-25-27-35-31-33-43-39(35)37-29-30-38(42-41-37)40-36(32-34-44-40)28-26-24-22-20-18-16-14-12-10-8-6-4-2/h29-34H,3-28H2,1-2H3. The fourth-order valence-corrected chi connectivity index (χ4v) is 8.24. The maximum Gasteiger partial charge on any atom is 0.103 e. The van der Waals surface area contributed by atoms with Crippen LogP contribution in [-0.4, -0.2) is 10.2 Å². The largest absolute Gasteiger partial charge is 0.149 e. The van der Waals surface area contributed by atoms with Crippen molar-refractivity contribution in [2.24, 2.45) is 0 Å². The van der Waals surface area contributed by atoms with Crippen LogP contribution in [0.3, 0.4) is 0 Å². The van der Waals surface area contributed by atoms with Crippen LogP contribution in [0.1, 0.15) is 179 Å². The third kappa shape index (κ3) is 15.2. The van der Waals surface area contributed by atoms with Crippen molar-refractivity contribution in [2.45, 2.75) is 181 Å².